The van der Waals surface area contributed by atoms with Crippen LogP contribution >= 0.6 is 39.9 Å². The van der Waals surface area contributed by atoms with Gasteiger partial charge in [-0.15, -0.1) is 24.0 Å². The Labute approximate surface area is 172 Å². The molecule has 1 atom stereocenters. The van der Waals surface area contributed by atoms with Crippen LogP contribution in [0.3, 0.4) is 0 Å². The van der Waals surface area contributed by atoms with Crippen molar-refractivity contribution in [3.8, 4) is 0 Å². The van der Waals surface area contributed by atoms with Crippen molar-refractivity contribution in [2.45, 2.75) is 25.9 Å². The minimum absolute atomic E-state index is 0. The number of fused-ring (bicyclic) bond motifs is 1. The van der Waals surface area contributed by atoms with Gasteiger partial charge < -0.3 is 15.0 Å². The minimum Gasteiger partial charge on any atom is -0.357 e. The SMILES string of the molecule is CCNC(=NCc1cn2cc(Br)ccc2n1)NC1CCS(=O)(=O)C1.I. The molecule has 1 saturated heterocycles. The number of pyridine rings is 1. The van der Waals surface area contributed by atoms with Crippen LogP contribution in [0, 0.1) is 0 Å². The van der Waals surface area contributed by atoms with E-state index in [1.54, 1.807) is 0 Å². The first-order valence-corrected chi connectivity index (χ1v) is 10.4. The monoisotopic (exact) mass is 541 g/mol. The van der Waals surface area contributed by atoms with Crippen LogP contribution in [0.15, 0.2) is 34.0 Å². The van der Waals surface area contributed by atoms with E-state index in [2.05, 4.69) is 36.5 Å². The van der Waals surface area contributed by atoms with Crippen molar-refractivity contribution in [2.75, 3.05) is 18.1 Å². The van der Waals surface area contributed by atoms with E-state index >= 15 is 0 Å². The first-order chi connectivity index (χ1) is 11.4. The number of hydrogen-bond donors (Lipinski definition) is 2. The lowest BCUT2D eigenvalue weighted by molar-refractivity contribution is 0.599. The lowest BCUT2D eigenvalue weighted by Crippen LogP contribution is -2.44. The molecule has 0 saturated carbocycles. The second kappa shape index (κ2) is 8.67. The van der Waals surface area contributed by atoms with Crippen LogP contribution in [-0.2, 0) is 16.4 Å². The van der Waals surface area contributed by atoms with Gasteiger partial charge in [-0.1, -0.05) is 0 Å². The Hall–Kier alpha value is -0.880. The van der Waals surface area contributed by atoms with Crippen LogP contribution in [-0.4, -0.2) is 47.9 Å². The number of rotatable bonds is 4. The van der Waals surface area contributed by atoms with Crippen molar-refractivity contribution in [3.63, 3.8) is 0 Å². The summed E-state index contributed by atoms with van der Waals surface area (Å²) in [7, 11) is -2.91. The largest absolute Gasteiger partial charge is 0.357 e. The molecule has 1 aliphatic rings. The van der Waals surface area contributed by atoms with Gasteiger partial charge >= 0.3 is 0 Å². The number of imidazole rings is 1. The summed E-state index contributed by atoms with van der Waals surface area (Å²) in [6.45, 7) is 3.11. The molecule has 0 spiro atoms. The molecular weight excluding hydrogens is 521 g/mol. The number of sulfone groups is 1. The predicted octanol–water partition coefficient (Wildman–Crippen LogP) is 1.96. The van der Waals surface area contributed by atoms with Gasteiger partial charge in [0.2, 0.25) is 0 Å². The number of guanidine groups is 1. The van der Waals surface area contributed by atoms with Gasteiger partial charge in [0, 0.05) is 29.5 Å². The molecule has 0 aromatic carbocycles. The Balaban J connectivity index is 0.00000225. The second-order valence-electron chi connectivity index (χ2n) is 5.78. The predicted molar refractivity (Wildman–Crippen MR) is 113 cm³/mol. The van der Waals surface area contributed by atoms with E-state index in [-0.39, 0.29) is 41.5 Å². The maximum Gasteiger partial charge on any atom is 0.191 e. The molecule has 2 aromatic rings. The summed E-state index contributed by atoms with van der Waals surface area (Å²) in [5.41, 5.74) is 1.72. The third-order valence-corrected chi connectivity index (χ3v) is 6.02. The van der Waals surface area contributed by atoms with Crippen molar-refractivity contribution in [1.29, 1.82) is 0 Å². The number of nitrogens with one attached hydrogen (secondary N) is 2. The number of aliphatic imine (C=N–C) groups is 1. The Kier molecular flexibility index (Phi) is 7.09. The van der Waals surface area contributed by atoms with Gasteiger partial charge in [-0.2, -0.15) is 0 Å². The van der Waals surface area contributed by atoms with Gasteiger partial charge in [0.15, 0.2) is 15.8 Å². The number of hydrogen-bond acceptors (Lipinski definition) is 4. The third kappa shape index (κ3) is 5.55. The Bertz CT molecular complexity index is 868. The van der Waals surface area contributed by atoms with Crippen molar-refractivity contribution in [2.24, 2.45) is 4.99 Å². The maximum absolute atomic E-state index is 11.6. The standard InChI is InChI=1S/C15H20BrN5O2S.HI/c1-2-17-15(20-12-5-6-24(22,23)10-12)18-7-13-9-21-8-11(16)3-4-14(21)19-13;/h3-4,8-9,12H,2,5-7,10H2,1H3,(H2,17,18,20);1H. The van der Waals surface area contributed by atoms with E-state index in [1.807, 2.05) is 35.9 Å². The lowest BCUT2D eigenvalue weighted by Gasteiger charge is -2.15. The van der Waals surface area contributed by atoms with Crippen LogP contribution in [0.2, 0.25) is 0 Å². The van der Waals surface area contributed by atoms with E-state index < -0.39 is 9.84 Å². The summed E-state index contributed by atoms with van der Waals surface area (Å²) in [6, 6.07) is 3.80. The molecule has 7 nitrogen and oxygen atoms in total. The molecule has 10 heteroatoms. The number of aromatic nitrogens is 2. The van der Waals surface area contributed by atoms with Gasteiger partial charge in [0.25, 0.3) is 0 Å². The fourth-order valence-electron chi connectivity index (χ4n) is 2.68. The van der Waals surface area contributed by atoms with E-state index in [0.29, 0.717) is 25.5 Å². The molecule has 2 aromatic heterocycles. The zero-order chi connectivity index (χ0) is 17.2. The van der Waals surface area contributed by atoms with E-state index in [4.69, 9.17) is 0 Å². The van der Waals surface area contributed by atoms with Crippen LogP contribution in [0.25, 0.3) is 5.65 Å². The van der Waals surface area contributed by atoms with Crippen molar-refractivity contribution in [1.82, 2.24) is 20.0 Å². The average Bonchev–Trinajstić information content (AvgIpc) is 3.07. The average molecular weight is 542 g/mol. The zero-order valence-corrected chi connectivity index (χ0v) is 18.5. The number of halogens is 2. The molecule has 1 unspecified atom stereocenters. The van der Waals surface area contributed by atoms with Gasteiger partial charge in [-0.05, 0) is 41.4 Å². The molecule has 0 aliphatic carbocycles. The highest BCUT2D eigenvalue weighted by molar-refractivity contribution is 14.0. The van der Waals surface area contributed by atoms with Crippen molar-refractivity contribution < 1.29 is 8.42 Å². The molecule has 0 radical (unpaired) electrons. The van der Waals surface area contributed by atoms with Crippen LogP contribution < -0.4 is 10.6 Å². The van der Waals surface area contributed by atoms with Crippen LogP contribution in [0.1, 0.15) is 19.0 Å². The summed E-state index contributed by atoms with van der Waals surface area (Å²) < 4.78 is 26.1. The molecule has 3 heterocycles. The summed E-state index contributed by atoms with van der Waals surface area (Å²) in [5.74, 6) is 1.03. The zero-order valence-electron chi connectivity index (χ0n) is 13.8. The smallest absolute Gasteiger partial charge is 0.191 e. The molecule has 3 rings (SSSR count). The quantitative estimate of drug-likeness (QED) is 0.351. The molecule has 0 bridgehead atoms. The van der Waals surface area contributed by atoms with E-state index in [0.717, 1.165) is 15.8 Å². The molecule has 0 amide bonds. The summed E-state index contributed by atoms with van der Waals surface area (Å²) in [5, 5.41) is 6.36. The molecular formula is C15H21BrIN5O2S. The highest BCUT2D eigenvalue weighted by Gasteiger charge is 2.28. The first-order valence-electron chi connectivity index (χ1n) is 7.83. The fraction of sp³-hybridized carbons (Fsp3) is 0.467. The maximum atomic E-state index is 11.6. The highest BCUT2D eigenvalue weighted by Crippen LogP contribution is 2.13. The van der Waals surface area contributed by atoms with Crippen LogP contribution in [0.5, 0.6) is 0 Å². The Morgan fingerprint density at radius 3 is 2.92 bits per heavy atom. The molecule has 138 valence electrons. The second-order valence-corrected chi connectivity index (χ2v) is 8.93. The van der Waals surface area contributed by atoms with Crippen LogP contribution in [0.4, 0.5) is 0 Å². The molecule has 2 N–H and O–H groups in total. The lowest BCUT2D eigenvalue weighted by atomic mass is 10.3. The van der Waals surface area contributed by atoms with E-state index in [1.165, 1.54) is 0 Å². The molecule has 1 aliphatic heterocycles. The Morgan fingerprint density at radius 1 is 1.44 bits per heavy atom. The summed E-state index contributed by atoms with van der Waals surface area (Å²) in [6.07, 6.45) is 4.50. The van der Waals surface area contributed by atoms with E-state index in [9.17, 15) is 8.42 Å². The molecule has 1 fully saturated rings. The van der Waals surface area contributed by atoms with Gasteiger partial charge in [0.05, 0.1) is 23.7 Å². The molecule has 25 heavy (non-hydrogen) atoms. The van der Waals surface area contributed by atoms with Gasteiger partial charge in [0.1, 0.15) is 5.65 Å². The minimum atomic E-state index is -2.91. The first kappa shape index (κ1) is 20.4. The Morgan fingerprint density at radius 2 is 2.24 bits per heavy atom. The van der Waals surface area contributed by atoms with Crippen molar-refractivity contribution >= 4 is 61.4 Å². The summed E-state index contributed by atoms with van der Waals surface area (Å²) >= 11 is 3.44. The van der Waals surface area contributed by atoms with Gasteiger partial charge in [-0.3, -0.25) is 0 Å². The summed E-state index contributed by atoms with van der Waals surface area (Å²) in [4.78, 5) is 9.05. The third-order valence-electron chi connectivity index (χ3n) is 3.78. The highest BCUT2D eigenvalue weighted by atomic mass is 127. The fourth-order valence-corrected chi connectivity index (χ4v) is 4.70. The topological polar surface area (TPSA) is 87.9 Å². The van der Waals surface area contributed by atoms with Crippen molar-refractivity contribution in [3.05, 3.63) is 34.7 Å². The van der Waals surface area contributed by atoms with Gasteiger partial charge in [-0.25, -0.2) is 18.4 Å². The number of nitrogens with zero attached hydrogens (tertiary/aromatic N) is 3. The normalized spacial score (nSPS) is 19.6.